The molecule has 0 amide bonds. The first-order valence-electron chi connectivity index (χ1n) is 5.81. The summed E-state index contributed by atoms with van der Waals surface area (Å²) in [6, 6.07) is 4.08. The van der Waals surface area contributed by atoms with E-state index >= 15 is 0 Å². The fraction of sp³-hybridized carbons (Fsp3) is 0.538. The lowest BCUT2D eigenvalue weighted by atomic mass is 10.1. The predicted molar refractivity (Wildman–Crippen MR) is 74.7 cm³/mol. The van der Waals surface area contributed by atoms with Crippen LogP contribution in [0, 0.1) is 13.8 Å². The lowest BCUT2D eigenvalue weighted by Gasteiger charge is -2.25. The molecule has 1 fully saturated rings. The second kappa shape index (κ2) is 6.48. The number of ether oxygens (including phenoxy) is 1. The maximum Gasteiger partial charge on any atom is 0.141 e. The Morgan fingerprint density at radius 1 is 1.24 bits per heavy atom. The van der Waals surface area contributed by atoms with Crippen LogP contribution in [-0.4, -0.2) is 19.2 Å². The molecule has 96 valence electrons. The number of aryl methyl sites for hydroxylation is 2. The summed E-state index contributed by atoms with van der Waals surface area (Å²) in [5, 5.41) is 4.06. The van der Waals surface area contributed by atoms with Crippen molar-refractivity contribution in [1.29, 1.82) is 0 Å². The van der Waals surface area contributed by atoms with Gasteiger partial charge in [-0.15, -0.1) is 12.4 Å². The molecular formula is C13H19Cl2NO. The van der Waals surface area contributed by atoms with Gasteiger partial charge in [-0.05, 0) is 57.0 Å². The van der Waals surface area contributed by atoms with Crippen molar-refractivity contribution in [2.45, 2.75) is 32.8 Å². The second-order valence-corrected chi connectivity index (χ2v) is 4.87. The van der Waals surface area contributed by atoms with E-state index in [0.29, 0.717) is 6.10 Å². The van der Waals surface area contributed by atoms with Gasteiger partial charge in [-0.1, -0.05) is 17.7 Å². The SMILES string of the molecule is Cc1cc(C)c(OC2CCNCC2)c(Cl)c1.Cl. The Kier molecular flexibility index (Phi) is 5.57. The molecule has 1 aliphatic rings. The third-order valence-corrected chi connectivity index (χ3v) is 3.23. The zero-order valence-corrected chi connectivity index (χ0v) is 11.8. The van der Waals surface area contributed by atoms with Gasteiger partial charge >= 0.3 is 0 Å². The van der Waals surface area contributed by atoms with Crippen molar-refractivity contribution in [3.05, 3.63) is 28.3 Å². The van der Waals surface area contributed by atoms with Crippen LogP contribution < -0.4 is 10.1 Å². The van der Waals surface area contributed by atoms with E-state index in [-0.39, 0.29) is 12.4 Å². The Balaban J connectivity index is 0.00000144. The standard InChI is InChI=1S/C13H18ClNO.ClH/c1-9-7-10(2)13(12(14)8-9)16-11-3-5-15-6-4-11;/h7-8,11,15H,3-6H2,1-2H3;1H. The first kappa shape index (κ1) is 14.6. The van der Waals surface area contributed by atoms with E-state index < -0.39 is 0 Å². The molecule has 2 nitrogen and oxygen atoms in total. The van der Waals surface area contributed by atoms with E-state index in [9.17, 15) is 0 Å². The number of piperidine rings is 1. The highest BCUT2D eigenvalue weighted by Crippen LogP contribution is 2.31. The van der Waals surface area contributed by atoms with Crippen LogP contribution in [0.25, 0.3) is 0 Å². The molecule has 1 N–H and O–H groups in total. The summed E-state index contributed by atoms with van der Waals surface area (Å²) < 4.78 is 6.00. The smallest absolute Gasteiger partial charge is 0.141 e. The van der Waals surface area contributed by atoms with Crippen molar-refractivity contribution < 1.29 is 4.74 Å². The number of hydrogen-bond acceptors (Lipinski definition) is 2. The molecule has 1 aromatic rings. The summed E-state index contributed by atoms with van der Waals surface area (Å²) in [7, 11) is 0. The van der Waals surface area contributed by atoms with E-state index in [1.807, 2.05) is 13.0 Å². The Morgan fingerprint density at radius 2 is 1.88 bits per heavy atom. The Bertz CT molecular complexity index is 353. The molecule has 0 atom stereocenters. The normalized spacial score (nSPS) is 16.4. The molecular weight excluding hydrogens is 257 g/mol. The van der Waals surface area contributed by atoms with Gasteiger partial charge in [0.2, 0.25) is 0 Å². The fourth-order valence-corrected chi connectivity index (χ4v) is 2.50. The summed E-state index contributed by atoms with van der Waals surface area (Å²) in [4.78, 5) is 0. The average Bonchev–Trinajstić information content (AvgIpc) is 2.25. The lowest BCUT2D eigenvalue weighted by Crippen LogP contribution is -2.34. The maximum absolute atomic E-state index is 6.21. The van der Waals surface area contributed by atoms with Gasteiger partial charge in [0.15, 0.2) is 0 Å². The summed E-state index contributed by atoms with van der Waals surface area (Å²) in [6.07, 6.45) is 2.42. The van der Waals surface area contributed by atoms with Crippen molar-refractivity contribution in [3.63, 3.8) is 0 Å². The third-order valence-electron chi connectivity index (χ3n) is 2.94. The number of rotatable bonds is 2. The topological polar surface area (TPSA) is 21.3 Å². The molecule has 0 unspecified atom stereocenters. The minimum Gasteiger partial charge on any atom is -0.488 e. The van der Waals surface area contributed by atoms with Crippen LogP contribution in [0.15, 0.2) is 12.1 Å². The number of halogens is 2. The van der Waals surface area contributed by atoms with Crippen LogP contribution in [0.4, 0.5) is 0 Å². The van der Waals surface area contributed by atoms with E-state index in [1.54, 1.807) is 0 Å². The highest BCUT2D eigenvalue weighted by molar-refractivity contribution is 6.32. The number of benzene rings is 1. The van der Waals surface area contributed by atoms with Gasteiger partial charge in [0, 0.05) is 0 Å². The van der Waals surface area contributed by atoms with E-state index in [2.05, 4.69) is 18.3 Å². The van der Waals surface area contributed by atoms with E-state index in [1.165, 1.54) is 5.56 Å². The molecule has 2 rings (SSSR count). The van der Waals surface area contributed by atoms with Gasteiger partial charge in [0.1, 0.15) is 11.9 Å². The van der Waals surface area contributed by atoms with Crippen LogP contribution in [-0.2, 0) is 0 Å². The van der Waals surface area contributed by atoms with Crippen LogP contribution in [0.3, 0.4) is 0 Å². The third kappa shape index (κ3) is 3.77. The Hall–Kier alpha value is -0.440. The van der Waals surface area contributed by atoms with Crippen LogP contribution >= 0.6 is 24.0 Å². The zero-order chi connectivity index (χ0) is 11.5. The predicted octanol–water partition coefficient (Wildman–Crippen LogP) is 3.51. The van der Waals surface area contributed by atoms with Gasteiger partial charge in [0.25, 0.3) is 0 Å². The molecule has 17 heavy (non-hydrogen) atoms. The van der Waals surface area contributed by atoms with E-state index in [0.717, 1.165) is 42.3 Å². The maximum atomic E-state index is 6.21. The molecule has 4 heteroatoms. The fourth-order valence-electron chi connectivity index (χ4n) is 2.13. The molecule has 1 heterocycles. The van der Waals surface area contributed by atoms with Gasteiger partial charge in [-0.25, -0.2) is 0 Å². The van der Waals surface area contributed by atoms with E-state index in [4.69, 9.17) is 16.3 Å². The zero-order valence-electron chi connectivity index (χ0n) is 10.3. The van der Waals surface area contributed by atoms with Crippen molar-refractivity contribution >= 4 is 24.0 Å². The highest BCUT2D eigenvalue weighted by atomic mass is 35.5. The molecule has 1 aromatic carbocycles. The van der Waals surface area contributed by atoms with Crippen LogP contribution in [0.1, 0.15) is 24.0 Å². The summed E-state index contributed by atoms with van der Waals surface area (Å²) in [5.74, 6) is 0.860. The number of hydrogen-bond donors (Lipinski definition) is 1. The molecule has 0 bridgehead atoms. The number of nitrogens with one attached hydrogen (secondary N) is 1. The van der Waals surface area contributed by atoms with Crippen molar-refractivity contribution in [2.75, 3.05) is 13.1 Å². The average molecular weight is 276 g/mol. The highest BCUT2D eigenvalue weighted by Gasteiger charge is 2.17. The largest absolute Gasteiger partial charge is 0.488 e. The van der Waals surface area contributed by atoms with Crippen LogP contribution in [0.5, 0.6) is 5.75 Å². The van der Waals surface area contributed by atoms with Crippen molar-refractivity contribution in [1.82, 2.24) is 5.32 Å². The summed E-state index contributed by atoms with van der Waals surface area (Å²) in [5.41, 5.74) is 2.31. The first-order chi connectivity index (χ1) is 7.66. The lowest BCUT2D eigenvalue weighted by molar-refractivity contribution is 0.161. The monoisotopic (exact) mass is 275 g/mol. The van der Waals surface area contributed by atoms with Crippen LogP contribution in [0.2, 0.25) is 5.02 Å². The Labute approximate surface area is 114 Å². The van der Waals surface area contributed by atoms with Gasteiger partial charge < -0.3 is 10.1 Å². The molecule has 0 saturated carbocycles. The van der Waals surface area contributed by atoms with Gasteiger partial charge in [-0.2, -0.15) is 0 Å². The summed E-state index contributed by atoms with van der Waals surface area (Å²) in [6.45, 7) is 6.17. The minimum atomic E-state index is 0. The summed E-state index contributed by atoms with van der Waals surface area (Å²) >= 11 is 6.21. The van der Waals surface area contributed by atoms with Crippen molar-refractivity contribution in [2.24, 2.45) is 0 Å². The molecule has 0 radical (unpaired) electrons. The quantitative estimate of drug-likeness (QED) is 0.892. The first-order valence-corrected chi connectivity index (χ1v) is 6.19. The molecule has 0 aliphatic carbocycles. The molecule has 0 aromatic heterocycles. The van der Waals surface area contributed by atoms with Gasteiger partial charge in [-0.3, -0.25) is 0 Å². The molecule has 0 spiro atoms. The Morgan fingerprint density at radius 3 is 2.47 bits per heavy atom. The molecule has 1 aliphatic heterocycles. The van der Waals surface area contributed by atoms with Gasteiger partial charge in [0.05, 0.1) is 5.02 Å². The minimum absolute atomic E-state index is 0. The van der Waals surface area contributed by atoms with Crippen molar-refractivity contribution in [3.8, 4) is 5.75 Å². The molecule has 1 saturated heterocycles. The second-order valence-electron chi connectivity index (χ2n) is 4.46.